The van der Waals surface area contributed by atoms with Crippen molar-refractivity contribution in [2.45, 2.75) is 51.5 Å². The zero-order valence-corrected chi connectivity index (χ0v) is 13.3. The predicted molar refractivity (Wildman–Crippen MR) is 83.9 cm³/mol. The molecule has 0 aliphatic heterocycles. The van der Waals surface area contributed by atoms with Gasteiger partial charge in [-0.25, -0.2) is 0 Å². The fourth-order valence-corrected chi connectivity index (χ4v) is 2.69. The maximum Gasteiger partial charge on any atom is 0.133 e. The fourth-order valence-electron chi connectivity index (χ4n) is 2.08. The van der Waals surface area contributed by atoms with Crippen molar-refractivity contribution in [2.75, 3.05) is 13.2 Å². The van der Waals surface area contributed by atoms with Crippen LogP contribution in [0.15, 0.2) is 22.7 Å². The summed E-state index contributed by atoms with van der Waals surface area (Å²) in [5.74, 6) is 0.959. The molecule has 0 atom stereocenters. The number of hydrogen-bond donors (Lipinski definition) is 1. The summed E-state index contributed by atoms with van der Waals surface area (Å²) >= 11 is 3.54. The average molecular weight is 326 g/mol. The highest BCUT2D eigenvalue weighted by Crippen LogP contribution is 2.25. The van der Waals surface area contributed by atoms with Gasteiger partial charge in [0.15, 0.2) is 0 Å². The highest BCUT2D eigenvalue weighted by atomic mass is 79.9. The molecule has 2 rings (SSSR count). The number of aryl methyl sites for hydroxylation is 1. The van der Waals surface area contributed by atoms with E-state index >= 15 is 0 Å². The Morgan fingerprint density at radius 3 is 2.74 bits per heavy atom. The summed E-state index contributed by atoms with van der Waals surface area (Å²) in [4.78, 5) is 0. The van der Waals surface area contributed by atoms with Gasteiger partial charge in [0, 0.05) is 6.04 Å². The number of hydrogen-bond acceptors (Lipinski definition) is 2. The van der Waals surface area contributed by atoms with Gasteiger partial charge in [-0.3, -0.25) is 0 Å². The first-order valence-corrected chi connectivity index (χ1v) is 8.17. The lowest BCUT2D eigenvalue weighted by atomic mass is 10.2. The molecule has 1 aromatic rings. The summed E-state index contributed by atoms with van der Waals surface area (Å²) in [6.07, 6.45) is 7.78. The van der Waals surface area contributed by atoms with Crippen molar-refractivity contribution < 1.29 is 4.74 Å². The Morgan fingerprint density at radius 2 is 2.00 bits per heavy atom. The van der Waals surface area contributed by atoms with Crippen molar-refractivity contribution in [3.05, 3.63) is 28.2 Å². The Bertz CT molecular complexity index is 390. The molecule has 1 fully saturated rings. The van der Waals surface area contributed by atoms with Crippen molar-refractivity contribution in [3.63, 3.8) is 0 Å². The number of unbranched alkanes of at least 4 members (excludes halogenated alkanes) is 3. The van der Waals surface area contributed by atoms with Crippen LogP contribution in [0.5, 0.6) is 5.75 Å². The van der Waals surface area contributed by atoms with Crippen LogP contribution in [0, 0.1) is 6.92 Å². The van der Waals surface area contributed by atoms with Crippen LogP contribution in [-0.2, 0) is 0 Å². The molecule has 106 valence electrons. The molecule has 1 aromatic carbocycles. The van der Waals surface area contributed by atoms with Gasteiger partial charge in [-0.1, -0.05) is 18.9 Å². The van der Waals surface area contributed by atoms with E-state index in [4.69, 9.17) is 4.74 Å². The minimum atomic E-state index is 0.817. The van der Waals surface area contributed by atoms with Crippen LogP contribution in [0.25, 0.3) is 0 Å². The van der Waals surface area contributed by atoms with E-state index in [1.807, 2.05) is 6.07 Å². The molecule has 19 heavy (non-hydrogen) atoms. The molecule has 1 N–H and O–H groups in total. The molecule has 2 nitrogen and oxygen atoms in total. The van der Waals surface area contributed by atoms with Crippen LogP contribution in [0.4, 0.5) is 0 Å². The summed E-state index contributed by atoms with van der Waals surface area (Å²) in [7, 11) is 0. The first kappa shape index (κ1) is 14.9. The molecule has 0 amide bonds. The molecule has 0 unspecified atom stereocenters. The van der Waals surface area contributed by atoms with E-state index in [2.05, 4.69) is 40.3 Å². The maximum absolute atomic E-state index is 5.78. The van der Waals surface area contributed by atoms with Crippen molar-refractivity contribution in [1.82, 2.24) is 5.32 Å². The molecule has 0 spiro atoms. The van der Waals surface area contributed by atoms with Crippen LogP contribution in [-0.4, -0.2) is 19.2 Å². The summed E-state index contributed by atoms with van der Waals surface area (Å²) in [5, 5.41) is 3.55. The van der Waals surface area contributed by atoms with Gasteiger partial charge in [0.25, 0.3) is 0 Å². The average Bonchev–Trinajstić information content (AvgIpc) is 3.19. The van der Waals surface area contributed by atoms with E-state index < -0.39 is 0 Å². The predicted octanol–water partition coefficient (Wildman–Crippen LogP) is 4.45. The van der Waals surface area contributed by atoms with Gasteiger partial charge in [0.2, 0.25) is 0 Å². The smallest absolute Gasteiger partial charge is 0.133 e. The van der Waals surface area contributed by atoms with E-state index in [9.17, 15) is 0 Å². The van der Waals surface area contributed by atoms with Gasteiger partial charge in [0.1, 0.15) is 5.75 Å². The van der Waals surface area contributed by atoms with Crippen molar-refractivity contribution in [2.24, 2.45) is 0 Å². The highest BCUT2D eigenvalue weighted by Gasteiger charge is 2.19. The quantitative estimate of drug-likeness (QED) is 0.677. The Kier molecular flexibility index (Phi) is 6.18. The van der Waals surface area contributed by atoms with E-state index in [0.717, 1.165) is 29.3 Å². The third-order valence-electron chi connectivity index (χ3n) is 3.43. The Labute approximate surface area is 125 Å². The standard InChI is InChI=1S/C16H24BrNO/c1-13-6-9-16(15(17)12-13)19-11-5-3-2-4-10-18-14-7-8-14/h6,9,12,14,18H,2-5,7-8,10-11H2,1H3. The summed E-state index contributed by atoms with van der Waals surface area (Å²) in [6, 6.07) is 7.07. The lowest BCUT2D eigenvalue weighted by Crippen LogP contribution is -2.17. The molecular weight excluding hydrogens is 302 g/mol. The monoisotopic (exact) mass is 325 g/mol. The third-order valence-corrected chi connectivity index (χ3v) is 4.05. The number of nitrogens with one attached hydrogen (secondary N) is 1. The van der Waals surface area contributed by atoms with Crippen LogP contribution >= 0.6 is 15.9 Å². The topological polar surface area (TPSA) is 21.3 Å². The van der Waals surface area contributed by atoms with E-state index in [1.54, 1.807) is 0 Å². The van der Waals surface area contributed by atoms with Crippen LogP contribution in [0.2, 0.25) is 0 Å². The molecule has 0 radical (unpaired) electrons. The van der Waals surface area contributed by atoms with Gasteiger partial charge < -0.3 is 10.1 Å². The Morgan fingerprint density at radius 1 is 1.21 bits per heavy atom. The molecule has 1 saturated carbocycles. The van der Waals surface area contributed by atoms with E-state index in [1.165, 1.54) is 44.2 Å². The van der Waals surface area contributed by atoms with Crippen molar-refractivity contribution in [3.8, 4) is 5.75 Å². The molecule has 1 aliphatic rings. The largest absolute Gasteiger partial charge is 0.492 e. The van der Waals surface area contributed by atoms with Gasteiger partial charge in [0.05, 0.1) is 11.1 Å². The first-order chi connectivity index (χ1) is 9.25. The Balaban J connectivity index is 1.48. The molecule has 3 heteroatoms. The zero-order valence-electron chi connectivity index (χ0n) is 11.8. The van der Waals surface area contributed by atoms with Crippen molar-refractivity contribution in [1.29, 1.82) is 0 Å². The van der Waals surface area contributed by atoms with Crippen LogP contribution in [0.1, 0.15) is 44.1 Å². The van der Waals surface area contributed by atoms with E-state index in [0.29, 0.717) is 0 Å². The van der Waals surface area contributed by atoms with Crippen LogP contribution in [0.3, 0.4) is 0 Å². The van der Waals surface area contributed by atoms with Crippen molar-refractivity contribution >= 4 is 15.9 Å². The SMILES string of the molecule is Cc1ccc(OCCCCCCNC2CC2)c(Br)c1. The maximum atomic E-state index is 5.78. The zero-order chi connectivity index (χ0) is 13.5. The molecule has 0 heterocycles. The number of rotatable bonds is 9. The summed E-state index contributed by atoms with van der Waals surface area (Å²) in [6.45, 7) is 4.09. The van der Waals surface area contributed by atoms with Gasteiger partial charge in [-0.15, -0.1) is 0 Å². The summed E-state index contributed by atoms with van der Waals surface area (Å²) < 4.78 is 6.84. The second-order valence-corrected chi connectivity index (χ2v) is 6.28. The van der Waals surface area contributed by atoms with Gasteiger partial charge in [-0.2, -0.15) is 0 Å². The first-order valence-electron chi connectivity index (χ1n) is 7.38. The molecule has 0 aromatic heterocycles. The lowest BCUT2D eigenvalue weighted by Gasteiger charge is -2.08. The van der Waals surface area contributed by atoms with Gasteiger partial charge in [-0.05, 0) is 72.8 Å². The number of benzene rings is 1. The second-order valence-electron chi connectivity index (χ2n) is 5.42. The van der Waals surface area contributed by atoms with Gasteiger partial charge >= 0.3 is 0 Å². The Hall–Kier alpha value is -0.540. The normalized spacial score (nSPS) is 14.6. The third kappa shape index (κ3) is 5.96. The second kappa shape index (κ2) is 7.91. The molecule has 1 aliphatic carbocycles. The molecule has 0 bridgehead atoms. The molecule has 0 saturated heterocycles. The van der Waals surface area contributed by atoms with Crippen LogP contribution < -0.4 is 10.1 Å². The fraction of sp³-hybridized carbons (Fsp3) is 0.625. The lowest BCUT2D eigenvalue weighted by molar-refractivity contribution is 0.302. The number of ether oxygens (including phenoxy) is 1. The highest BCUT2D eigenvalue weighted by molar-refractivity contribution is 9.10. The minimum Gasteiger partial charge on any atom is -0.492 e. The minimum absolute atomic E-state index is 0.817. The summed E-state index contributed by atoms with van der Waals surface area (Å²) in [5.41, 5.74) is 1.25. The van der Waals surface area contributed by atoms with E-state index in [-0.39, 0.29) is 0 Å². The molecular formula is C16H24BrNO. The number of halogens is 1.